The predicted molar refractivity (Wildman–Crippen MR) is 132 cm³/mol. The van der Waals surface area contributed by atoms with E-state index in [0.717, 1.165) is 17.8 Å². The third kappa shape index (κ3) is 7.14. The van der Waals surface area contributed by atoms with Gasteiger partial charge in [0.15, 0.2) is 0 Å². The van der Waals surface area contributed by atoms with E-state index in [1.165, 1.54) is 5.56 Å². The van der Waals surface area contributed by atoms with Gasteiger partial charge in [0.2, 0.25) is 5.91 Å². The minimum Gasteiger partial charge on any atom is -0.353 e. The fourth-order valence-corrected chi connectivity index (χ4v) is 3.59. The predicted octanol–water partition coefficient (Wildman–Crippen LogP) is 5.47. The van der Waals surface area contributed by atoms with Crippen LogP contribution in [0.1, 0.15) is 65.1 Å². The average molecular weight is 441 g/mol. The van der Waals surface area contributed by atoms with Crippen molar-refractivity contribution >= 4 is 17.6 Å². The van der Waals surface area contributed by atoms with E-state index in [4.69, 9.17) is 0 Å². The molecule has 1 heterocycles. The van der Waals surface area contributed by atoms with Crippen molar-refractivity contribution in [3.63, 3.8) is 0 Å². The van der Waals surface area contributed by atoms with E-state index in [0.29, 0.717) is 24.9 Å². The third-order valence-electron chi connectivity index (χ3n) is 5.86. The lowest BCUT2D eigenvalue weighted by molar-refractivity contribution is -0.133. The summed E-state index contributed by atoms with van der Waals surface area (Å²) in [6.07, 6.45) is 2.76. The van der Waals surface area contributed by atoms with E-state index in [1.54, 1.807) is 4.90 Å². The fraction of sp³-hybridized carbons (Fsp3) is 0.538. The first-order valence-corrected chi connectivity index (χ1v) is 11.7. The Balaban J connectivity index is 2.14. The van der Waals surface area contributed by atoms with Crippen LogP contribution >= 0.6 is 0 Å². The summed E-state index contributed by atoms with van der Waals surface area (Å²) in [6.45, 7) is 13.7. The van der Waals surface area contributed by atoms with Crippen molar-refractivity contribution in [1.29, 1.82) is 0 Å². The molecule has 0 bridgehead atoms. The van der Waals surface area contributed by atoms with Crippen LogP contribution < -0.4 is 5.32 Å². The monoisotopic (exact) mass is 440 g/mol. The summed E-state index contributed by atoms with van der Waals surface area (Å²) < 4.78 is 2.03. The summed E-state index contributed by atoms with van der Waals surface area (Å²) in [7, 11) is 1.98. The number of carbonyl (C=O) groups is 2. The molecule has 1 aromatic carbocycles. The Morgan fingerprint density at radius 1 is 1.03 bits per heavy atom. The number of amides is 3. The molecule has 0 fully saturated rings. The number of urea groups is 1. The summed E-state index contributed by atoms with van der Waals surface area (Å²) in [5, 5.41) is 2.98. The SMILES string of the molecule is CCC(C)N(CC(=O)N(Cc1cccn1C)CC(C)C)C(=O)Nc1ccc(C(C)C)cc1. The molecule has 0 aliphatic heterocycles. The van der Waals surface area contributed by atoms with Gasteiger partial charge in [-0.1, -0.05) is 46.8 Å². The highest BCUT2D eigenvalue weighted by Gasteiger charge is 2.25. The molecular weight excluding hydrogens is 400 g/mol. The quantitative estimate of drug-likeness (QED) is 0.533. The van der Waals surface area contributed by atoms with E-state index in [1.807, 2.05) is 73.0 Å². The molecule has 1 N–H and O–H groups in total. The van der Waals surface area contributed by atoms with Crippen LogP contribution in [0.25, 0.3) is 0 Å². The Hall–Kier alpha value is -2.76. The number of carbonyl (C=O) groups excluding carboxylic acids is 2. The second-order valence-corrected chi connectivity index (χ2v) is 9.37. The van der Waals surface area contributed by atoms with Gasteiger partial charge in [-0.25, -0.2) is 4.79 Å². The zero-order chi connectivity index (χ0) is 23.8. The van der Waals surface area contributed by atoms with Crippen molar-refractivity contribution in [3.05, 3.63) is 53.9 Å². The van der Waals surface area contributed by atoms with Crippen LogP contribution in [-0.2, 0) is 18.4 Å². The maximum Gasteiger partial charge on any atom is 0.322 e. The Morgan fingerprint density at radius 2 is 1.69 bits per heavy atom. The van der Waals surface area contributed by atoms with Crippen molar-refractivity contribution in [2.75, 3.05) is 18.4 Å². The van der Waals surface area contributed by atoms with Crippen molar-refractivity contribution in [2.24, 2.45) is 13.0 Å². The van der Waals surface area contributed by atoms with Crippen LogP contribution in [0.3, 0.4) is 0 Å². The fourth-order valence-electron chi connectivity index (χ4n) is 3.59. The molecule has 0 saturated heterocycles. The first kappa shape index (κ1) is 25.5. The van der Waals surface area contributed by atoms with Crippen LogP contribution in [0, 0.1) is 5.92 Å². The van der Waals surface area contributed by atoms with Crippen LogP contribution in [0.2, 0.25) is 0 Å². The van der Waals surface area contributed by atoms with E-state index in [9.17, 15) is 9.59 Å². The minimum absolute atomic E-state index is 0.0366. The van der Waals surface area contributed by atoms with Crippen LogP contribution in [0.4, 0.5) is 10.5 Å². The molecule has 1 unspecified atom stereocenters. The van der Waals surface area contributed by atoms with E-state index >= 15 is 0 Å². The summed E-state index contributed by atoms with van der Waals surface area (Å²) in [4.78, 5) is 30.0. The first-order chi connectivity index (χ1) is 15.1. The number of benzene rings is 1. The van der Waals surface area contributed by atoms with Crippen molar-refractivity contribution in [1.82, 2.24) is 14.4 Å². The molecule has 2 rings (SSSR count). The lowest BCUT2D eigenvalue weighted by atomic mass is 10.0. The number of hydrogen-bond donors (Lipinski definition) is 1. The number of nitrogens with one attached hydrogen (secondary N) is 1. The largest absolute Gasteiger partial charge is 0.353 e. The summed E-state index contributed by atoms with van der Waals surface area (Å²) in [5.74, 6) is 0.736. The number of rotatable bonds is 10. The molecule has 0 spiro atoms. The van der Waals surface area contributed by atoms with Crippen molar-refractivity contribution in [3.8, 4) is 0 Å². The van der Waals surface area contributed by atoms with Gasteiger partial charge in [0.1, 0.15) is 6.54 Å². The summed E-state index contributed by atoms with van der Waals surface area (Å²) in [5.41, 5.74) is 3.04. The molecule has 3 amide bonds. The molecule has 1 aromatic heterocycles. The molecule has 2 aromatic rings. The lowest BCUT2D eigenvalue weighted by Gasteiger charge is -2.32. The number of nitrogens with zero attached hydrogens (tertiary/aromatic N) is 3. The van der Waals surface area contributed by atoms with Crippen LogP contribution in [-0.4, -0.2) is 45.4 Å². The molecule has 0 aliphatic carbocycles. The number of aromatic nitrogens is 1. The van der Waals surface area contributed by atoms with Gasteiger partial charge in [0, 0.05) is 37.2 Å². The smallest absolute Gasteiger partial charge is 0.322 e. The van der Waals surface area contributed by atoms with Gasteiger partial charge >= 0.3 is 6.03 Å². The van der Waals surface area contributed by atoms with Gasteiger partial charge in [-0.15, -0.1) is 0 Å². The Bertz CT molecular complexity index is 870. The molecule has 6 nitrogen and oxygen atoms in total. The number of anilines is 1. The second kappa shape index (κ2) is 11.7. The summed E-state index contributed by atoms with van der Waals surface area (Å²) in [6, 6.07) is 11.6. The highest BCUT2D eigenvalue weighted by atomic mass is 16.2. The van der Waals surface area contributed by atoms with Crippen LogP contribution in [0.15, 0.2) is 42.6 Å². The molecule has 0 radical (unpaired) electrons. The van der Waals surface area contributed by atoms with Crippen molar-refractivity contribution in [2.45, 2.75) is 66.5 Å². The van der Waals surface area contributed by atoms with Gasteiger partial charge in [-0.2, -0.15) is 0 Å². The number of aryl methyl sites for hydroxylation is 1. The van der Waals surface area contributed by atoms with E-state index in [-0.39, 0.29) is 24.5 Å². The van der Waals surface area contributed by atoms with Crippen LogP contribution in [0.5, 0.6) is 0 Å². The highest BCUT2D eigenvalue weighted by molar-refractivity contribution is 5.92. The van der Waals surface area contributed by atoms with Crippen molar-refractivity contribution < 1.29 is 9.59 Å². The molecule has 32 heavy (non-hydrogen) atoms. The first-order valence-electron chi connectivity index (χ1n) is 11.7. The van der Waals surface area contributed by atoms with Gasteiger partial charge in [-0.05, 0) is 55.0 Å². The number of hydrogen-bond acceptors (Lipinski definition) is 2. The van der Waals surface area contributed by atoms with E-state index in [2.05, 4.69) is 33.0 Å². The second-order valence-electron chi connectivity index (χ2n) is 9.37. The molecule has 0 aliphatic rings. The normalized spacial score (nSPS) is 12.2. The van der Waals surface area contributed by atoms with E-state index < -0.39 is 0 Å². The Kier molecular flexibility index (Phi) is 9.36. The standard InChI is InChI=1S/C26H40N4O2/c1-8-21(6)30(26(32)27-23-13-11-22(12-14-23)20(4)5)18-25(31)29(16-19(2)3)17-24-10-9-15-28(24)7/h9-15,19-21H,8,16-18H2,1-7H3,(H,27,32). The maximum absolute atomic E-state index is 13.3. The minimum atomic E-state index is -0.242. The topological polar surface area (TPSA) is 57.6 Å². The lowest BCUT2D eigenvalue weighted by Crippen LogP contribution is -2.48. The Morgan fingerprint density at radius 3 is 2.19 bits per heavy atom. The Labute approximate surface area is 193 Å². The van der Waals surface area contributed by atoms with Gasteiger partial charge < -0.3 is 19.7 Å². The molecule has 176 valence electrons. The molecular formula is C26H40N4O2. The highest BCUT2D eigenvalue weighted by Crippen LogP contribution is 2.18. The van der Waals surface area contributed by atoms with Gasteiger partial charge in [0.25, 0.3) is 0 Å². The molecule has 0 saturated carbocycles. The average Bonchev–Trinajstić information content (AvgIpc) is 3.15. The zero-order valence-electron chi connectivity index (χ0n) is 20.8. The third-order valence-corrected chi connectivity index (χ3v) is 5.86. The molecule has 6 heteroatoms. The zero-order valence-corrected chi connectivity index (χ0v) is 20.8. The molecule has 1 atom stereocenters. The summed E-state index contributed by atoms with van der Waals surface area (Å²) >= 11 is 0. The maximum atomic E-state index is 13.3. The van der Waals surface area contributed by atoms with Gasteiger partial charge in [-0.3, -0.25) is 4.79 Å². The van der Waals surface area contributed by atoms with Gasteiger partial charge in [0.05, 0.1) is 6.54 Å².